The average Bonchev–Trinajstić information content (AvgIpc) is 2.72. The van der Waals surface area contributed by atoms with Gasteiger partial charge in [0.25, 0.3) is 0 Å². The number of carboxylic acid groups (broad SMARTS) is 1. The number of thiophene rings is 1. The molecule has 1 aromatic heterocycles. The molecule has 0 bridgehead atoms. The maximum Gasteiger partial charge on any atom is 0.347 e. The van der Waals surface area contributed by atoms with Crippen LogP contribution in [0.2, 0.25) is 0 Å². The van der Waals surface area contributed by atoms with Crippen molar-refractivity contribution in [1.29, 1.82) is 0 Å². The number of carboxylic acids is 1. The highest BCUT2D eigenvalue weighted by Crippen LogP contribution is 2.27. The van der Waals surface area contributed by atoms with E-state index in [2.05, 4.69) is 4.72 Å². The topological polar surface area (TPSA) is 92.7 Å². The zero-order valence-electron chi connectivity index (χ0n) is 11.7. The number of ether oxygens (including phenoxy) is 1. The van der Waals surface area contributed by atoms with Gasteiger partial charge in [0, 0.05) is 13.2 Å². The number of rotatable bonds is 8. The Balaban J connectivity index is 3.10. The molecule has 0 saturated heterocycles. The summed E-state index contributed by atoms with van der Waals surface area (Å²) in [6, 6.07) is -0.365. The highest BCUT2D eigenvalue weighted by atomic mass is 32.2. The minimum Gasteiger partial charge on any atom is -0.477 e. The molecule has 1 rings (SSSR count). The molecule has 0 amide bonds. The van der Waals surface area contributed by atoms with E-state index in [1.54, 1.807) is 6.92 Å². The molecule has 1 unspecified atom stereocenters. The lowest BCUT2D eigenvalue weighted by Crippen LogP contribution is -2.38. The third kappa shape index (κ3) is 4.02. The molecule has 0 spiro atoms. The normalized spacial score (nSPS) is 13.3. The fraction of sp³-hybridized carbons (Fsp3) is 0.583. The van der Waals surface area contributed by atoms with Crippen molar-refractivity contribution in [2.75, 3.05) is 13.7 Å². The first-order valence-corrected chi connectivity index (χ1v) is 8.52. The Hall–Kier alpha value is -0.960. The van der Waals surface area contributed by atoms with E-state index >= 15 is 0 Å². The lowest BCUT2D eigenvalue weighted by atomic mass is 10.2. The average molecular weight is 321 g/mol. The molecule has 0 saturated carbocycles. The molecule has 1 aromatic rings. The molecule has 2 N–H and O–H groups in total. The van der Waals surface area contributed by atoms with Gasteiger partial charge in [-0.05, 0) is 24.3 Å². The van der Waals surface area contributed by atoms with E-state index in [9.17, 15) is 13.2 Å². The van der Waals surface area contributed by atoms with E-state index in [-0.39, 0.29) is 22.4 Å². The van der Waals surface area contributed by atoms with Gasteiger partial charge < -0.3 is 9.84 Å². The second-order valence-electron chi connectivity index (χ2n) is 4.44. The molecular weight excluding hydrogens is 302 g/mol. The van der Waals surface area contributed by atoms with Gasteiger partial charge in [0.1, 0.15) is 9.77 Å². The molecule has 1 atom stereocenters. The summed E-state index contributed by atoms with van der Waals surface area (Å²) in [6.07, 6.45) is 1.42. The molecule has 114 valence electrons. The highest BCUT2D eigenvalue weighted by Gasteiger charge is 2.28. The molecule has 0 aliphatic rings. The zero-order chi connectivity index (χ0) is 15.3. The molecule has 20 heavy (non-hydrogen) atoms. The smallest absolute Gasteiger partial charge is 0.347 e. The standard InChI is InChI=1S/C12H19NO5S2/c1-4-5-9(6-18-3)13-20(16,17)11-8(2)7-19-10(11)12(14)15/h7,9,13H,4-6H2,1-3H3,(H,14,15). The Labute approximate surface area is 122 Å². The number of sulfonamides is 1. The molecular formula is C12H19NO5S2. The van der Waals surface area contributed by atoms with Crippen LogP contribution in [0.1, 0.15) is 35.0 Å². The van der Waals surface area contributed by atoms with E-state index in [1.165, 1.54) is 12.5 Å². The van der Waals surface area contributed by atoms with Crippen molar-refractivity contribution in [3.05, 3.63) is 15.8 Å². The monoisotopic (exact) mass is 321 g/mol. The Morgan fingerprint density at radius 2 is 2.20 bits per heavy atom. The quantitative estimate of drug-likeness (QED) is 0.762. The number of hydrogen-bond donors (Lipinski definition) is 2. The Morgan fingerprint density at radius 1 is 1.55 bits per heavy atom. The summed E-state index contributed by atoms with van der Waals surface area (Å²) in [5, 5.41) is 10.6. The third-order valence-corrected chi connectivity index (χ3v) is 5.63. The van der Waals surface area contributed by atoms with Crippen molar-refractivity contribution < 1.29 is 23.1 Å². The van der Waals surface area contributed by atoms with Gasteiger partial charge in [-0.25, -0.2) is 17.9 Å². The summed E-state index contributed by atoms with van der Waals surface area (Å²) >= 11 is 0.915. The molecule has 8 heteroatoms. The van der Waals surface area contributed by atoms with Gasteiger partial charge in [-0.2, -0.15) is 0 Å². The summed E-state index contributed by atoms with van der Waals surface area (Å²) in [5.41, 5.74) is 0.438. The van der Waals surface area contributed by atoms with Gasteiger partial charge in [0.15, 0.2) is 0 Å². The molecule has 0 aliphatic heterocycles. The van der Waals surface area contributed by atoms with Crippen LogP contribution in [0.15, 0.2) is 10.3 Å². The Bertz CT molecular complexity index is 558. The second kappa shape index (κ2) is 7.16. The van der Waals surface area contributed by atoms with E-state index in [4.69, 9.17) is 9.84 Å². The first kappa shape index (κ1) is 17.1. The van der Waals surface area contributed by atoms with Crippen LogP contribution in [-0.2, 0) is 14.8 Å². The van der Waals surface area contributed by atoms with Crippen LogP contribution >= 0.6 is 11.3 Å². The number of aromatic carboxylic acids is 1. The van der Waals surface area contributed by atoms with Crippen LogP contribution in [0.25, 0.3) is 0 Å². The lowest BCUT2D eigenvalue weighted by molar-refractivity contribution is 0.0698. The van der Waals surface area contributed by atoms with Crippen molar-refractivity contribution >= 4 is 27.3 Å². The number of nitrogens with one attached hydrogen (secondary N) is 1. The minimum absolute atomic E-state index is 0.146. The predicted octanol–water partition coefficient (Wildman–Crippen LogP) is 1.85. The first-order valence-electron chi connectivity index (χ1n) is 6.16. The highest BCUT2D eigenvalue weighted by molar-refractivity contribution is 7.89. The third-order valence-electron chi connectivity index (χ3n) is 2.71. The van der Waals surface area contributed by atoms with Crippen molar-refractivity contribution in [3.63, 3.8) is 0 Å². The molecule has 0 aliphatic carbocycles. The van der Waals surface area contributed by atoms with E-state index < -0.39 is 16.0 Å². The maximum absolute atomic E-state index is 12.4. The van der Waals surface area contributed by atoms with Gasteiger partial charge >= 0.3 is 5.97 Å². The SMILES string of the molecule is CCCC(COC)NS(=O)(=O)c1c(C)csc1C(=O)O. The van der Waals surface area contributed by atoms with Crippen LogP contribution in [0, 0.1) is 6.92 Å². The molecule has 0 radical (unpaired) electrons. The van der Waals surface area contributed by atoms with E-state index in [0.717, 1.165) is 17.8 Å². The number of carbonyl (C=O) groups is 1. The van der Waals surface area contributed by atoms with Crippen molar-refractivity contribution in [2.24, 2.45) is 0 Å². The van der Waals surface area contributed by atoms with Crippen molar-refractivity contribution in [3.8, 4) is 0 Å². The van der Waals surface area contributed by atoms with Gasteiger partial charge in [0.2, 0.25) is 10.0 Å². The number of hydrogen-bond acceptors (Lipinski definition) is 5. The summed E-state index contributed by atoms with van der Waals surface area (Å²) in [6.45, 7) is 3.77. The molecule has 1 heterocycles. The Morgan fingerprint density at radius 3 is 2.70 bits per heavy atom. The zero-order valence-corrected chi connectivity index (χ0v) is 13.3. The molecule has 0 fully saturated rings. The van der Waals surface area contributed by atoms with Crippen LogP contribution in [0.5, 0.6) is 0 Å². The summed E-state index contributed by atoms with van der Waals surface area (Å²) in [5.74, 6) is -1.23. The van der Waals surface area contributed by atoms with Gasteiger partial charge in [-0.1, -0.05) is 13.3 Å². The van der Waals surface area contributed by atoms with E-state index in [0.29, 0.717) is 12.0 Å². The number of aryl methyl sites for hydroxylation is 1. The van der Waals surface area contributed by atoms with E-state index in [1.807, 2.05) is 6.92 Å². The summed E-state index contributed by atoms with van der Waals surface area (Å²) in [4.78, 5) is 10.8. The summed E-state index contributed by atoms with van der Waals surface area (Å²) < 4.78 is 32.3. The first-order chi connectivity index (χ1) is 9.33. The largest absolute Gasteiger partial charge is 0.477 e. The fourth-order valence-electron chi connectivity index (χ4n) is 1.92. The van der Waals surface area contributed by atoms with Gasteiger partial charge in [-0.15, -0.1) is 11.3 Å². The maximum atomic E-state index is 12.4. The minimum atomic E-state index is -3.87. The molecule has 0 aromatic carbocycles. The lowest BCUT2D eigenvalue weighted by Gasteiger charge is -2.17. The van der Waals surface area contributed by atoms with Gasteiger partial charge in [0.05, 0.1) is 6.61 Å². The fourth-order valence-corrected chi connectivity index (χ4v) is 4.81. The van der Waals surface area contributed by atoms with Crippen LogP contribution in [0.4, 0.5) is 0 Å². The Kier molecular flexibility index (Phi) is 6.12. The van der Waals surface area contributed by atoms with Crippen molar-refractivity contribution in [1.82, 2.24) is 4.72 Å². The molecule has 6 nitrogen and oxygen atoms in total. The van der Waals surface area contributed by atoms with Crippen LogP contribution < -0.4 is 4.72 Å². The predicted molar refractivity (Wildman–Crippen MR) is 76.9 cm³/mol. The van der Waals surface area contributed by atoms with Gasteiger partial charge in [-0.3, -0.25) is 0 Å². The van der Waals surface area contributed by atoms with Crippen LogP contribution in [-0.4, -0.2) is 39.3 Å². The van der Waals surface area contributed by atoms with Crippen LogP contribution in [0.3, 0.4) is 0 Å². The van der Waals surface area contributed by atoms with Crippen molar-refractivity contribution in [2.45, 2.75) is 37.6 Å². The number of methoxy groups -OCH3 is 1. The second-order valence-corrected chi connectivity index (χ2v) is 6.97. The summed E-state index contributed by atoms with van der Waals surface area (Å²) in [7, 11) is -2.37.